The summed E-state index contributed by atoms with van der Waals surface area (Å²) >= 11 is 1.58. The predicted octanol–water partition coefficient (Wildman–Crippen LogP) is 2.54. The van der Waals surface area contributed by atoms with Gasteiger partial charge >= 0.3 is 0 Å². The van der Waals surface area contributed by atoms with Gasteiger partial charge in [0.1, 0.15) is 0 Å². The van der Waals surface area contributed by atoms with E-state index in [1.165, 1.54) is 0 Å². The molecule has 2 aliphatic rings. The van der Waals surface area contributed by atoms with E-state index in [9.17, 15) is 9.59 Å². The largest absolute Gasteiger partial charge is 0.335 e. The first-order valence-electron chi connectivity index (χ1n) is 9.45. The third-order valence-electron chi connectivity index (χ3n) is 5.40. The van der Waals surface area contributed by atoms with Gasteiger partial charge in [-0.05, 0) is 37.7 Å². The molecule has 0 atom stereocenters. The molecule has 27 heavy (non-hydrogen) atoms. The smallest absolute Gasteiger partial charge is 0.257 e. The van der Waals surface area contributed by atoms with Gasteiger partial charge in [0.15, 0.2) is 0 Å². The zero-order chi connectivity index (χ0) is 18.8. The van der Waals surface area contributed by atoms with Gasteiger partial charge in [-0.2, -0.15) is 5.10 Å². The number of fused-ring (bicyclic) bond motifs is 1. The number of aryl methyl sites for hydroxylation is 1. The van der Waals surface area contributed by atoms with Crippen LogP contribution in [0.25, 0.3) is 0 Å². The Morgan fingerprint density at radius 2 is 1.59 bits per heavy atom. The van der Waals surface area contributed by atoms with Crippen molar-refractivity contribution >= 4 is 23.6 Å². The molecule has 1 aromatic carbocycles. The molecule has 0 aliphatic carbocycles. The molecule has 0 unspecified atom stereocenters. The highest BCUT2D eigenvalue weighted by atomic mass is 32.2. The summed E-state index contributed by atoms with van der Waals surface area (Å²) < 4.78 is 1.97. The van der Waals surface area contributed by atoms with E-state index in [-0.39, 0.29) is 11.8 Å². The highest BCUT2D eigenvalue weighted by molar-refractivity contribution is 7.98. The van der Waals surface area contributed by atoms with Crippen molar-refractivity contribution in [2.75, 3.05) is 32.4 Å². The number of benzene rings is 1. The molecule has 6 nitrogen and oxygen atoms in total. The molecule has 1 fully saturated rings. The van der Waals surface area contributed by atoms with Gasteiger partial charge in [-0.15, -0.1) is 11.8 Å². The quantitative estimate of drug-likeness (QED) is 0.763. The first-order valence-corrected chi connectivity index (χ1v) is 10.7. The second-order valence-corrected chi connectivity index (χ2v) is 7.82. The third kappa shape index (κ3) is 3.48. The molecule has 1 saturated heterocycles. The highest BCUT2D eigenvalue weighted by Gasteiger charge is 2.29. The van der Waals surface area contributed by atoms with E-state index in [1.54, 1.807) is 18.0 Å². The van der Waals surface area contributed by atoms with Gasteiger partial charge in [-0.3, -0.25) is 14.3 Å². The van der Waals surface area contributed by atoms with Crippen molar-refractivity contribution in [3.05, 3.63) is 47.3 Å². The van der Waals surface area contributed by atoms with Crippen molar-refractivity contribution in [2.24, 2.45) is 0 Å². The standard InChI is InChI=1S/C20H24N4O2S/c1-27-18-8-3-2-6-15(18)19(25)22-10-12-23(13-11-22)20(26)16-14-21-24-9-5-4-7-17(16)24/h2-3,6,8,14H,4-5,7,9-13H2,1H3. The molecule has 2 amide bonds. The molecular weight excluding hydrogens is 360 g/mol. The Balaban J connectivity index is 1.42. The molecule has 1 aromatic heterocycles. The Morgan fingerprint density at radius 3 is 2.30 bits per heavy atom. The SMILES string of the molecule is CSc1ccccc1C(=O)N1CCN(C(=O)c2cnn3c2CCCC3)CC1. The summed E-state index contributed by atoms with van der Waals surface area (Å²) in [6.07, 6.45) is 6.86. The van der Waals surface area contributed by atoms with Crippen LogP contribution >= 0.6 is 11.8 Å². The van der Waals surface area contributed by atoms with E-state index < -0.39 is 0 Å². The van der Waals surface area contributed by atoms with Crippen molar-refractivity contribution in [1.29, 1.82) is 0 Å². The lowest BCUT2D eigenvalue weighted by molar-refractivity contribution is 0.0532. The van der Waals surface area contributed by atoms with Crippen LogP contribution in [0.15, 0.2) is 35.4 Å². The average molecular weight is 385 g/mol. The Hall–Kier alpha value is -2.28. The number of hydrogen-bond donors (Lipinski definition) is 0. The first-order chi connectivity index (χ1) is 13.2. The number of thioether (sulfide) groups is 1. The maximum Gasteiger partial charge on any atom is 0.257 e. The van der Waals surface area contributed by atoms with Crippen LogP contribution in [-0.4, -0.2) is 63.8 Å². The topological polar surface area (TPSA) is 58.4 Å². The summed E-state index contributed by atoms with van der Waals surface area (Å²) in [6.45, 7) is 3.17. The van der Waals surface area contributed by atoms with Crippen molar-refractivity contribution in [3.8, 4) is 0 Å². The minimum absolute atomic E-state index is 0.0507. The number of aromatic nitrogens is 2. The van der Waals surface area contributed by atoms with Crippen LogP contribution in [0.4, 0.5) is 0 Å². The molecular formula is C20H24N4O2S. The van der Waals surface area contributed by atoms with Crippen molar-refractivity contribution < 1.29 is 9.59 Å². The molecule has 0 N–H and O–H groups in total. The van der Waals surface area contributed by atoms with Crippen LogP contribution in [0.5, 0.6) is 0 Å². The minimum Gasteiger partial charge on any atom is -0.335 e. The van der Waals surface area contributed by atoms with Crippen molar-refractivity contribution in [3.63, 3.8) is 0 Å². The maximum atomic E-state index is 12.9. The molecule has 0 radical (unpaired) electrons. The molecule has 4 rings (SSSR count). The Labute approximate surface area is 163 Å². The summed E-state index contributed by atoms with van der Waals surface area (Å²) in [5.41, 5.74) is 2.55. The van der Waals surface area contributed by atoms with Gasteiger partial charge in [-0.1, -0.05) is 12.1 Å². The number of carbonyl (C=O) groups is 2. The Bertz CT molecular complexity index is 855. The number of rotatable bonds is 3. The lowest BCUT2D eigenvalue weighted by Crippen LogP contribution is -2.50. The molecule has 3 heterocycles. The molecule has 0 bridgehead atoms. The lowest BCUT2D eigenvalue weighted by atomic mass is 10.1. The van der Waals surface area contributed by atoms with E-state index in [0.717, 1.165) is 47.5 Å². The second kappa shape index (κ2) is 7.76. The zero-order valence-electron chi connectivity index (χ0n) is 15.6. The molecule has 0 spiro atoms. The fraction of sp³-hybridized carbons (Fsp3) is 0.450. The van der Waals surface area contributed by atoms with E-state index in [2.05, 4.69) is 5.10 Å². The maximum absolute atomic E-state index is 12.9. The first kappa shape index (κ1) is 18.1. The van der Waals surface area contributed by atoms with E-state index in [0.29, 0.717) is 26.2 Å². The highest BCUT2D eigenvalue weighted by Crippen LogP contribution is 2.23. The van der Waals surface area contributed by atoms with Gasteiger partial charge in [0.2, 0.25) is 0 Å². The number of carbonyl (C=O) groups excluding carboxylic acids is 2. The zero-order valence-corrected chi connectivity index (χ0v) is 16.4. The normalized spacial score (nSPS) is 16.9. The van der Waals surface area contributed by atoms with Crippen LogP contribution in [-0.2, 0) is 13.0 Å². The molecule has 0 saturated carbocycles. The fourth-order valence-electron chi connectivity index (χ4n) is 3.87. The number of amides is 2. The van der Waals surface area contributed by atoms with Gasteiger partial charge < -0.3 is 9.80 Å². The summed E-state index contributed by atoms with van der Waals surface area (Å²) in [6, 6.07) is 7.70. The van der Waals surface area contributed by atoms with Crippen molar-refractivity contribution in [1.82, 2.24) is 19.6 Å². The minimum atomic E-state index is 0.0507. The summed E-state index contributed by atoms with van der Waals surface area (Å²) in [7, 11) is 0. The molecule has 2 aromatic rings. The van der Waals surface area contributed by atoms with E-state index in [1.807, 2.05) is 45.0 Å². The molecule has 7 heteroatoms. The van der Waals surface area contributed by atoms with Crippen LogP contribution < -0.4 is 0 Å². The average Bonchev–Trinajstić information content (AvgIpc) is 3.17. The van der Waals surface area contributed by atoms with Crippen LogP contribution in [0.1, 0.15) is 39.3 Å². The van der Waals surface area contributed by atoms with Gasteiger partial charge in [0.25, 0.3) is 11.8 Å². The summed E-state index contributed by atoms with van der Waals surface area (Å²) in [5.74, 6) is 0.102. The summed E-state index contributed by atoms with van der Waals surface area (Å²) in [5, 5.41) is 4.38. The third-order valence-corrected chi connectivity index (χ3v) is 6.20. The van der Waals surface area contributed by atoms with E-state index in [4.69, 9.17) is 0 Å². The van der Waals surface area contributed by atoms with Crippen LogP contribution in [0.3, 0.4) is 0 Å². The van der Waals surface area contributed by atoms with Crippen molar-refractivity contribution in [2.45, 2.75) is 30.7 Å². The summed E-state index contributed by atoms with van der Waals surface area (Å²) in [4.78, 5) is 30.5. The van der Waals surface area contributed by atoms with Gasteiger partial charge in [-0.25, -0.2) is 0 Å². The van der Waals surface area contributed by atoms with Crippen LogP contribution in [0, 0.1) is 0 Å². The molecule has 2 aliphatic heterocycles. The molecule has 142 valence electrons. The second-order valence-electron chi connectivity index (χ2n) is 6.97. The van der Waals surface area contributed by atoms with Crippen LogP contribution in [0.2, 0.25) is 0 Å². The lowest BCUT2D eigenvalue weighted by Gasteiger charge is -2.35. The predicted molar refractivity (Wildman–Crippen MR) is 105 cm³/mol. The number of nitrogens with zero attached hydrogens (tertiary/aromatic N) is 4. The number of hydrogen-bond acceptors (Lipinski definition) is 4. The Morgan fingerprint density at radius 1 is 0.926 bits per heavy atom. The van der Waals surface area contributed by atoms with Gasteiger partial charge in [0.05, 0.1) is 23.0 Å². The van der Waals surface area contributed by atoms with Gasteiger partial charge in [0, 0.05) is 37.6 Å². The van der Waals surface area contributed by atoms with E-state index >= 15 is 0 Å². The fourth-order valence-corrected chi connectivity index (χ4v) is 4.46. The monoisotopic (exact) mass is 384 g/mol. The number of piperazine rings is 1. The Kier molecular flexibility index (Phi) is 5.20.